The number of hydrogen-bond acceptors (Lipinski definition) is 9. The van der Waals surface area contributed by atoms with Crippen LogP contribution in [-0.2, 0) is 56.4 Å². The van der Waals surface area contributed by atoms with Crippen LogP contribution in [0.25, 0.3) is 22.0 Å². The zero-order valence-corrected chi connectivity index (χ0v) is 34.5. The normalized spacial score (nSPS) is 20.2. The van der Waals surface area contributed by atoms with E-state index in [1.807, 2.05) is 0 Å². The molecule has 2 aliphatic carbocycles. The topological polar surface area (TPSA) is 162 Å². The highest BCUT2D eigenvalue weighted by Gasteiger charge is 2.68. The second kappa shape index (κ2) is 14.9. The van der Waals surface area contributed by atoms with Gasteiger partial charge in [-0.25, -0.2) is 22.2 Å². The zero-order chi connectivity index (χ0) is 44.9. The van der Waals surface area contributed by atoms with Crippen LogP contribution in [0.5, 0.6) is 0 Å². The van der Waals surface area contributed by atoms with Gasteiger partial charge in [0.15, 0.2) is 22.9 Å². The first-order valence-electron chi connectivity index (χ1n) is 18.8. The summed E-state index contributed by atoms with van der Waals surface area (Å²) in [5, 5.41) is 21.7. The summed E-state index contributed by atoms with van der Waals surface area (Å²) in [5.74, 6) is -4.96. The molecule has 13 nitrogen and oxygen atoms in total. The Morgan fingerprint density at radius 2 is 1.73 bits per heavy atom. The van der Waals surface area contributed by atoms with Crippen LogP contribution in [0.2, 0.25) is 5.02 Å². The van der Waals surface area contributed by atoms with Crippen LogP contribution in [0, 0.1) is 29.4 Å². The number of benzene rings is 2. The van der Waals surface area contributed by atoms with Crippen LogP contribution in [0.15, 0.2) is 42.5 Å². The van der Waals surface area contributed by atoms with Crippen LogP contribution in [0.1, 0.15) is 66.1 Å². The number of fused-ring (bicyclic) bond motifs is 4. The van der Waals surface area contributed by atoms with Crippen molar-refractivity contribution < 1.29 is 58.5 Å². The fourth-order valence-electron chi connectivity index (χ4n) is 7.95. The summed E-state index contributed by atoms with van der Waals surface area (Å²) in [5.41, 5.74) is -4.42. The summed E-state index contributed by atoms with van der Waals surface area (Å²) >= 11 is 6.60. The number of aryl methyl sites for hydroxylation is 1. The number of halogens is 8. The summed E-state index contributed by atoms with van der Waals surface area (Å²) in [6, 6.07) is 7.01. The fraction of sp³-hybridized carbons (Fsp3) is 0.400. The maximum Gasteiger partial charge on any atom is 0.435 e. The third kappa shape index (κ3) is 8.33. The Hall–Kier alpha value is -5.27. The minimum absolute atomic E-state index is 0.0279. The molecule has 1 aliphatic heterocycles. The van der Waals surface area contributed by atoms with Gasteiger partial charge in [0.1, 0.15) is 29.6 Å². The average Bonchev–Trinajstić information content (AvgIpc) is 3.69. The lowest BCUT2D eigenvalue weighted by atomic mass is 9.93. The van der Waals surface area contributed by atoms with Gasteiger partial charge in [0.25, 0.3) is 5.92 Å². The lowest BCUT2D eigenvalue weighted by molar-refractivity contribution is -0.288. The molecule has 0 radical (unpaired) electrons. The predicted octanol–water partition coefficient (Wildman–Crippen LogP) is 6.33. The Balaban J connectivity index is 1.27. The number of nitrogens with one attached hydrogen (secondary N) is 2. The average molecular weight is 910 g/mol. The molecule has 8 rings (SSSR count). The number of aliphatic hydroxyl groups is 1. The Morgan fingerprint density at radius 3 is 2.37 bits per heavy atom. The van der Waals surface area contributed by atoms with Gasteiger partial charge in [0, 0.05) is 35.7 Å². The molecule has 1 amide bonds. The maximum atomic E-state index is 15.5. The SMILES string of the molecule is Cn1nc(NS(C)(=O)=O)c2c(Cl)ccc(-c3ccc(C#CC4(O)COC(C)(C)OC4)nc3[C@H](Cc3cc(F)cc(F)c3)NC(=O)Cn3nc(C(F)(F)F)c4c3C(F)(F)[C@@H]3C[C@H]43)c21. The van der Waals surface area contributed by atoms with Crippen LogP contribution >= 0.6 is 11.6 Å². The van der Waals surface area contributed by atoms with Crippen molar-refractivity contribution in [3.63, 3.8) is 0 Å². The third-order valence-electron chi connectivity index (χ3n) is 10.7. The van der Waals surface area contributed by atoms with Gasteiger partial charge in [-0.2, -0.15) is 32.1 Å². The Labute approximate surface area is 353 Å². The third-order valence-corrected chi connectivity index (χ3v) is 11.6. The molecule has 62 heavy (non-hydrogen) atoms. The largest absolute Gasteiger partial charge is 0.435 e. The number of amides is 1. The van der Waals surface area contributed by atoms with Crippen LogP contribution < -0.4 is 10.0 Å². The molecule has 3 aliphatic rings. The molecule has 2 aromatic carbocycles. The van der Waals surface area contributed by atoms with Gasteiger partial charge in [0.05, 0.1) is 47.1 Å². The van der Waals surface area contributed by atoms with Gasteiger partial charge in [-0.15, -0.1) is 0 Å². The van der Waals surface area contributed by atoms with Crippen molar-refractivity contribution in [2.75, 3.05) is 24.2 Å². The Kier molecular flexibility index (Phi) is 10.4. The van der Waals surface area contributed by atoms with E-state index >= 15 is 8.78 Å². The van der Waals surface area contributed by atoms with Crippen molar-refractivity contribution in [1.29, 1.82) is 0 Å². The molecule has 2 fully saturated rings. The predicted molar refractivity (Wildman–Crippen MR) is 208 cm³/mol. The lowest BCUT2D eigenvalue weighted by Gasteiger charge is -2.37. The van der Waals surface area contributed by atoms with E-state index in [9.17, 15) is 40.3 Å². The molecular weight excluding hydrogens is 875 g/mol. The molecule has 3 atom stereocenters. The van der Waals surface area contributed by atoms with Gasteiger partial charge < -0.3 is 19.9 Å². The highest BCUT2D eigenvalue weighted by Crippen LogP contribution is 2.68. The molecule has 5 aromatic rings. The molecule has 4 heterocycles. The molecule has 3 N–H and O–H groups in total. The Bertz CT molecular complexity index is 2820. The second-order valence-electron chi connectivity index (χ2n) is 16.0. The minimum Gasteiger partial charge on any atom is -0.373 e. The number of ether oxygens (including phenoxy) is 2. The molecule has 22 heteroatoms. The molecule has 1 saturated carbocycles. The molecular formula is C40H35ClF7N7O6S. The number of rotatable bonds is 9. The number of carbonyl (C=O) groups is 1. The van der Waals surface area contributed by atoms with E-state index in [4.69, 9.17) is 26.1 Å². The fourth-order valence-corrected chi connectivity index (χ4v) is 8.69. The standard InChI is InChI=1S/C40H35ClF7N7O6S/c1-37(2)60-17-38(57,18-61-37)10-9-22-5-6-23(24-7-8-27(41)31-33(24)54(3)52-36(31)53-62(4,58)59)32(49-22)28(13-19-11-20(42)14-21(43)12-19)50-29(56)16-55-35-30(34(51-55)40(46,47)48)25-15-26(25)39(35,44)45/h5-8,11-12,14,25-26,28,57H,13,15-18H2,1-4H3,(H,50,56)(H,52,53)/t25-,26+,28-/m0/s1. The summed E-state index contributed by atoms with van der Waals surface area (Å²) in [4.78, 5) is 18.7. The second-order valence-corrected chi connectivity index (χ2v) is 18.1. The van der Waals surface area contributed by atoms with E-state index in [2.05, 4.69) is 32.1 Å². The van der Waals surface area contributed by atoms with E-state index in [0.717, 1.165) is 18.4 Å². The monoisotopic (exact) mass is 909 g/mol. The summed E-state index contributed by atoms with van der Waals surface area (Å²) in [7, 11) is -2.39. The smallest absolute Gasteiger partial charge is 0.373 e. The quantitative estimate of drug-likeness (QED) is 0.113. The van der Waals surface area contributed by atoms with Crippen molar-refractivity contribution in [3.05, 3.63) is 93.0 Å². The Morgan fingerprint density at radius 1 is 1.06 bits per heavy atom. The van der Waals surface area contributed by atoms with Crippen molar-refractivity contribution in [3.8, 4) is 23.0 Å². The van der Waals surface area contributed by atoms with E-state index in [-0.39, 0.29) is 69.5 Å². The number of aromatic nitrogens is 5. The van der Waals surface area contributed by atoms with Gasteiger partial charge in [-0.05, 0) is 74.4 Å². The van der Waals surface area contributed by atoms with Crippen LogP contribution in [-0.4, -0.2) is 74.8 Å². The van der Waals surface area contributed by atoms with Crippen molar-refractivity contribution >= 4 is 44.3 Å². The molecule has 0 spiro atoms. The van der Waals surface area contributed by atoms with Gasteiger partial charge in [-0.1, -0.05) is 23.6 Å². The van der Waals surface area contributed by atoms with E-state index in [0.29, 0.717) is 10.7 Å². The van der Waals surface area contributed by atoms with E-state index in [1.54, 1.807) is 13.8 Å². The lowest BCUT2D eigenvalue weighted by Crippen LogP contribution is -2.50. The summed E-state index contributed by atoms with van der Waals surface area (Å²) in [6.07, 6.45) is -4.80. The van der Waals surface area contributed by atoms with Gasteiger partial charge in [0.2, 0.25) is 15.9 Å². The maximum absolute atomic E-state index is 15.5. The van der Waals surface area contributed by atoms with Crippen molar-refractivity contribution in [1.82, 2.24) is 29.9 Å². The summed E-state index contributed by atoms with van der Waals surface area (Å²) in [6.45, 7) is 1.67. The molecule has 0 bridgehead atoms. The van der Waals surface area contributed by atoms with E-state index in [1.165, 1.54) is 36.0 Å². The van der Waals surface area contributed by atoms with Crippen molar-refractivity contribution in [2.24, 2.45) is 13.0 Å². The number of pyridine rings is 1. The number of anilines is 1. The van der Waals surface area contributed by atoms with Gasteiger partial charge in [-0.3, -0.25) is 18.9 Å². The molecule has 1 saturated heterocycles. The number of sulfonamides is 1. The first-order chi connectivity index (χ1) is 28.8. The highest BCUT2D eigenvalue weighted by atomic mass is 35.5. The first kappa shape index (κ1) is 43.4. The highest BCUT2D eigenvalue weighted by molar-refractivity contribution is 7.92. The first-order valence-corrected chi connectivity index (χ1v) is 21.1. The van der Waals surface area contributed by atoms with E-state index < -0.39 is 98.8 Å². The number of nitrogens with zero attached hydrogens (tertiary/aromatic N) is 5. The number of hydrogen-bond donors (Lipinski definition) is 3. The van der Waals surface area contributed by atoms with Crippen LogP contribution in [0.3, 0.4) is 0 Å². The minimum atomic E-state index is -5.10. The van der Waals surface area contributed by atoms with Crippen molar-refractivity contribution in [2.45, 2.75) is 68.7 Å². The molecule has 3 aromatic heterocycles. The zero-order valence-electron chi connectivity index (χ0n) is 33.0. The van der Waals surface area contributed by atoms with Crippen LogP contribution in [0.4, 0.5) is 36.6 Å². The summed E-state index contributed by atoms with van der Waals surface area (Å²) < 4.78 is 142. The number of alkyl halides is 5. The molecule has 0 unspecified atom stereocenters. The molecule has 328 valence electrons. The van der Waals surface area contributed by atoms with Gasteiger partial charge >= 0.3 is 6.18 Å². The number of carbonyl (C=O) groups excluding carboxylic acids is 1.